The zero-order valence-corrected chi connectivity index (χ0v) is 14.3. The molecule has 0 aliphatic carbocycles. The first kappa shape index (κ1) is 16.3. The van der Waals surface area contributed by atoms with Gasteiger partial charge in [-0.15, -0.1) is 0 Å². The smallest absolute Gasteiger partial charge is 0.229 e. The predicted molar refractivity (Wildman–Crippen MR) is 99.1 cm³/mol. The number of carbonyl (C=O) groups is 1. The van der Waals surface area contributed by atoms with Gasteiger partial charge in [0, 0.05) is 12.2 Å². The summed E-state index contributed by atoms with van der Waals surface area (Å²) in [6.45, 7) is 3.22. The number of amides is 1. The molecular weight excluding hydrogens is 312 g/mol. The highest BCUT2D eigenvalue weighted by molar-refractivity contribution is 5.93. The van der Waals surface area contributed by atoms with Crippen molar-refractivity contribution in [2.75, 3.05) is 25.0 Å². The van der Waals surface area contributed by atoms with E-state index >= 15 is 0 Å². The summed E-state index contributed by atoms with van der Waals surface area (Å²) in [4.78, 5) is 15.0. The minimum atomic E-state index is 0.0221. The molecule has 25 heavy (non-hydrogen) atoms. The molecule has 2 N–H and O–H groups in total. The van der Waals surface area contributed by atoms with E-state index in [1.165, 1.54) is 0 Å². The monoisotopic (exact) mass is 336 g/mol. The number of hydrogen-bond acceptors (Lipinski definition) is 3. The Morgan fingerprint density at radius 3 is 2.44 bits per heavy atom. The number of aliphatic hydroxyl groups excluding tert-OH is 1. The highest BCUT2D eigenvalue weighted by atomic mass is 16.3. The first-order valence-corrected chi connectivity index (χ1v) is 9.07. The van der Waals surface area contributed by atoms with Gasteiger partial charge in [-0.05, 0) is 60.7 Å². The van der Waals surface area contributed by atoms with Crippen LogP contribution in [0.2, 0.25) is 0 Å². The first-order valence-electron chi connectivity index (χ1n) is 9.07. The van der Waals surface area contributed by atoms with Crippen molar-refractivity contribution in [2.45, 2.75) is 19.4 Å². The van der Waals surface area contributed by atoms with Crippen molar-refractivity contribution >= 4 is 11.6 Å². The maximum atomic E-state index is 12.6. The van der Waals surface area contributed by atoms with Gasteiger partial charge in [-0.3, -0.25) is 4.79 Å². The Kier molecular flexibility index (Phi) is 4.55. The van der Waals surface area contributed by atoms with Crippen LogP contribution >= 0.6 is 0 Å². The van der Waals surface area contributed by atoms with E-state index in [4.69, 9.17) is 0 Å². The van der Waals surface area contributed by atoms with Crippen LogP contribution in [-0.4, -0.2) is 35.5 Å². The zero-order chi connectivity index (χ0) is 17.2. The van der Waals surface area contributed by atoms with Crippen LogP contribution < -0.4 is 5.32 Å². The van der Waals surface area contributed by atoms with Gasteiger partial charge in [-0.2, -0.15) is 0 Å². The van der Waals surface area contributed by atoms with Gasteiger partial charge in [-0.25, -0.2) is 0 Å². The van der Waals surface area contributed by atoms with Gasteiger partial charge in [-0.1, -0.05) is 36.4 Å². The largest absolute Gasteiger partial charge is 0.392 e. The number of fused-ring (bicyclic) bond motifs is 3. The van der Waals surface area contributed by atoms with Gasteiger partial charge >= 0.3 is 0 Å². The van der Waals surface area contributed by atoms with Crippen LogP contribution in [0.4, 0.5) is 5.69 Å². The summed E-state index contributed by atoms with van der Waals surface area (Å²) in [6.07, 6.45) is 2.30. The Morgan fingerprint density at radius 1 is 1.08 bits per heavy atom. The van der Waals surface area contributed by atoms with E-state index in [0.29, 0.717) is 5.92 Å². The molecular formula is C21H24N2O2. The minimum Gasteiger partial charge on any atom is -0.392 e. The van der Waals surface area contributed by atoms with Crippen molar-refractivity contribution < 1.29 is 9.90 Å². The molecule has 5 rings (SSSR count). The number of hydrogen-bond donors (Lipinski definition) is 2. The second kappa shape index (κ2) is 6.98. The number of nitrogens with one attached hydrogen (secondary N) is 1. The molecule has 0 spiro atoms. The molecule has 4 nitrogen and oxygen atoms in total. The van der Waals surface area contributed by atoms with E-state index in [-0.39, 0.29) is 18.4 Å². The molecule has 3 aliphatic heterocycles. The standard InChI is InChI=1S/C21H24N2O2/c24-14-17-3-1-2-4-19(17)15-5-7-18(8-6-15)22-21(25)20-13-23-11-9-16(20)10-12-23/h1-8,16,20,24H,9-14H2,(H,22,25). The molecule has 3 aliphatic rings. The highest BCUT2D eigenvalue weighted by Crippen LogP contribution is 2.33. The fourth-order valence-electron chi connectivity index (χ4n) is 4.17. The first-order chi connectivity index (χ1) is 12.2. The Hall–Kier alpha value is -2.17. The summed E-state index contributed by atoms with van der Waals surface area (Å²) in [7, 11) is 0. The number of piperidine rings is 3. The number of aliphatic hydroxyl groups is 1. The Bertz CT molecular complexity index is 749. The minimum absolute atomic E-state index is 0.0221. The molecule has 130 valence electrons. The third-order valence-corrected chi connectivity index (χ3v) is 5.64. The summed E-state index contributed by atoms with van der Waals surface area (Å²) in [6, 6.07) is 15.7. The highest BCUT2D eigenvalue weighted by Gasteiger charge is 2.38. The summed E-state index contributed by atoms with van der Waals surface area (Å²) in [5, 5.41) is 12.6. The maximum absolute atomic E-state index is 12.6. The Morgan fingerprint density at radius 2 is 1.80 bits per heavy atom. The summed E-state index contributed by atoms with van der Waals surface area (Å²) < 4.78 is 0. The Labute approximate surface area is 148 Å². The topological polar surface area (TPSA) is 52.6 Å². The van der Waals surface area contributed by atoms with Gasteiger partial charge in [0.15, 0.2) is 0 Å². The molecule has 2 aromatic rings. The third kappa shape index (κ3) is 3.32. The number of benzene rings is 2. The maximum Gasteiger partial charge on any atom is 0.229 e. The predicted octanol–water partition coefficient (Wildman–Crippen LogP) is 3.13. The van der Waals surface area contributed by atoms with Crippen molar-refractivity contribution in [1.29, 1.82) is 0 Å². The van der Waals surface area contributed by atoms with Crippen LogP contribution in [0.5, 0.6) is 0 Å². The molecule has 0 saturated carbocycles. The molecule has 2 bridgehead atoms. The number of anilines is 1. The van der Waals surface area contributed by atoms with Gasteiger partial charge in [0.25, 0.3) is 0 Å². The average Bonchev–Trinajstić information content (AvgIpc) is 2.69. The quantitative estimate of drug-likeness (QED) is 0.902. The van der Waals surface area contributed by atoms with Gasteiger partial charge in [0.2, 0.25) is 5.91 Å². The van der Waals surface area contributed by atoms with E-state index in [1.54, 1.807) is 0 Å². The molecule has 1 amide bonds. The van der Waals surface area contributed by atoms with E-state index in [9.17, 15) is 9.90 Å². The number of nitrogens with zero attached hydrogens (tertiary/aromatic N) is 1. The SMILES string of the molecule is O=C(Nc1ccc(-c2ccccc2CO)cc1)C1CN2CCC1CC2. The second-order valence-corrected chi connectivity index (χ2v) is 7.13. The van der Waals surface area contributed by atoms with E-state index < -0.39 is 0 Å². The molecule has 3 saturated heterocycles. The number of rotatable bonds is 4. The third-order valence-electron chi connectivity index (χ3n) is 5.64. The molecule has 1 unspecified atom stereocenters. The van der Waals surface area contributed by atoms with E-state index in [0.717, 1.165) is 54.9 Å². The fraction of sp³-hybridized carbons (Fsp3) is 0.381. The van der Waals surface area contributed by atoms with Crippen molar-refractivity contribution in [3.8, 4) is 11.1 Å². The Balaban J connectivity index is 1.46. The van der Waals surface area contributed by atoms with Crippen LogP contribution in [0.3, 0.4) is 0 Å². The molecule has 0 aromatic heterocycles. The van der Waals surface area contributed by atoms with Crippen molar-refractivity contribution in [3.05, 3.63) is 54.1 Å². The van der Waals surface area contributed by atoms with Crippen molar-refractivity contribution in [1.82, 2.24) is 4.90 Å². The normalized spacial score (nSPS) is 24.9. The lowest BCUT2D eigenvalue weighted by Gasteiger charge is -2.43. The molecule has 4 heteroatoms. The molecule has 0 radical (unpaired) electrons. The molecule has 3 fully saturated rings. The molecule has 1 atom stereocenters. The summed E-state index contributed by atoms with van der Waals surface area (Å²) in [5.74, 6) is 0.816. The summed E-state index contributed by atoms with van der Waals surface area (Å²) in [5.41, 5.74) is 3.82. The van der Waals surface area contributed by atoms with Crippen LogP contribution in [0, 0.1) is 11.8 Å². The van der Waals surface area contributed by atoms with Gasteiger partial charge in [0.05, 0.1) is 12.5 Å². The van der Waals surface area contributed by atoms with Crippen LogP contribution in [0.15, 0.2) is 48.5 Å². The zero-order valence-electron chi connectivity index (χ0n) is 14.3. The lowest BCUT2D eigenvalue weighted by Crippen LogP contribution is -2.51. The van der Waals surface area contributed by atoms with E-state index in [2.05, 4.69) is 10.2 Å². The van der Waals surface area contributed by atoms with Crippen molar-refractivity contribution in [3.63, 3.8) is 0 Å². The molecule has 3 heterocycles. The van der Waals surface area contributed by atoms with Crippen LogP contribution in [0.1, 0.15) is 18.4 Å². The fourth-order valence-corrected chi connectivity index (χ4v) is 4.17. The van der Waals surface area contributed by atoms with Gasteiger partial charge < -0.3 is 15.3 Å². The summed E-state index contributed by atoms with van der Waals surface area (Å²) >= 11 is 0. The van der Waals surface area contributed by atoms with Crippen LogP contribution in [-0.2, 0) is 11.4 Å². The lowest BCUT2D eigenvalue weighted by atomic mass is 9.78. The van der Waals surface area contributed by atoms with E-state index in [1.807, 2.05) is 48.5 Å². The lowest BCUT2D eigenvalue weighted by molar-refractivity contribution is -0.125. The second-order valence-electron chi connectivity index (χ2n) is 7.13. The average molecular weight is 336 g/mol. The van der Waals surface area contributed by atoms with Gasteiger partial charge in [0.1, 0.15) is 0 Å². The van der Waals surface area contributed by atoms with Crippen LogP contribution in [0.25, 0.3) is 11.1 Å². The van der Waals surface area contributed by atoms with Crippen molar-refractivity contribution in [2.24, 2.45) is 11.8 Å². The molecule has 2 aromatic carbocycles. The number of carbonyl (C=O) groups excluding carboxylic acids is 1.